The Morgan fingerprint density at radius 1 is 1.29 bits per heavy atom. The quantitative estimate of drug-likeness (QED) is 0.311. The van der Waals surface area contributed by atoms with Crippen LogP contribution in [0.3, 0.4) is 0 Å². The molecular weight excluding hydrogens is 266 g/mol. The Hall–Kier alpha value is 0.650. The number of thioether (sulfide) groups is 1. The van der Waals surface area contributed by atoms with Gasteiger partial charge in [0.1, 0.15) is 0 Å². The van der Waals surface area contributed by atoms with Crippen molar-refractivity contribution in [1.82, 2.24) is 0 Å². The van der Waals surface area contributed by atoms with Crippen molar-refractivity contribution in [2.24, 2.45) is 0 Å². The summed E-state index contributed by atoms with van der Waals surface area (Å²) in [6, 6.07) is 0. The molecule has 0 saturated heterocycles. The van der Waals surface area contributed by atoms with E-state index in [1.165, 1.54) is 29.1 Å². The standard InChI is InChI=1S/C13H26OP2S/c1-4-10-17-11-13(3)7-5-6-12(2)8-9-14-16-15/h7-8,16H,4-6,9-11,15H2,1-3H3. The molecule has 4 heteroatoms. The Bertz CT molecular complexity index is 240. The first-order valence-corrected chi connectivity index (χ1v) is 10.0. The molecule has 0 radical (unpaired) electrons. The van der Waals surface area contributed by atoms with Crippen LogP contribution in [-0.2, 0) is 4.52 Å². The first-order valence-electron chi connectivity index (χ1n) is 6.17. The maximum absolute atomic E-state index is 5.29. The zero-order chi connectivity index (χ0) is 12.9. The minimum Gasteiger partial charge on any atom is -0.354 e. The van der Waals surface area contributed by atoms with E-state index in [0.29, 0.717) is 8.50 Å². The molecule has 0 aliphatic heterocycles. The molecule has 0 saturated carbocycles. The van der Waals surface area contributed by atoms with Gasteiger partial charge in [0.25, 0.3) is 0 Å². The van der Waals surface area contributed by atoms with Crippen LogP contribution in [0.2, 0.25) is 0 Å². The Balaban J connectivity index is 3.65. The molecule has 0 bridgehead atoms. The topological polar surface area (TPSA) is 9.23 Å². The SMILES string of the molecule is CCCSCC(C)=CCCC(C)=CCOPP. The monoisotopic (exact) mass is 292 g/mol. The summed E-state index contributed by atoms with van der Waals surface area (Å²) in [5, 5.41) is 0. The summed E-state index contributed by atoms with van der Waals surface area (Å²) in [5.41, 5.74) is 2.94. The van der Waals surface area contributed by atoms with Gasteiger partial charge in [0.2, 0.25) is 0 Å². The second-order valence-electron chi connectivity index (χ2n) is 4.12. The van der Waals surface area contributed by atoms with Gasteiger partial charge < -0.3 is 4.52 Å². The van der Waals surface area contributed by atoms with Crippen LogP contribution in [0.5, 0.6) is 0 Å². The lowest BCUT2D eigenvalue weighted by Gasteiger charge is -2.02. The van der Waals surface area contributed by atoms with Crippen LogP contribution in [0, 0.1) is 0 Å². The normalized spacial score (nSPS) is 13.9. The third-order valence-corrected chi connectivity index (χ3v) is 4.50. The zero-order valence-corrected chi connectivity index (χ0v) is 14.3. The first-order chi connectivity index (χ1) is 8.20. The summed E-state index contributed by atoms with van der Waals surface area (Å²) < 4.78 is 5.29. The molecule has 100 valence electrons. The van der Waals surface area contributed by atoms with Crippen molar-refractivity contribution in [1.29, 1.82) is 0 Å². The summed E-state index contributed by atoms with van der Waals surface area (Å²) in [4.78, 5) is 0. The van der Waals surface area contributed by atoms with Crippen molar-refractivity contribution in [3.63, 3.8) is 0 Å². The average Bonchev–Trinajstić information content (AvgIpc) is 2.30. The van der Waals surface area contributed by atoms with E-state index in [-0.39, 0.29) is 0 Å². The predicted octanol–water partition coefficient (Wildman–Crippen LogP) is 5.20. The summed E-state index contributed by atoms with van der Waals surface area (Å²) in [5.74, 6) is 2.46. The molecule has 0 rings (SSSR count). The van der Waals surface area contributed by atoms with Crippen LogP contribution < -0.4 is 0 Å². The van der Waals surface area contributed by atoms with Gasteiger partial charge in [-0.05, 0) is 38.9 Å². The van der Waals surface area contributed by atoms with Crippen molar-refractivity contribution < 1.29 is 4.52 Å². The fraction of sp³-hybridized carbons (Fsp3) is 0.692. The largest absolute Gasteiger partial charge is 0.354 e. The maximum Gasteiger partial charge on any atom is 0.0693 e. The molecule has 0 aliphatic carbocycles. The molecule has 2 atom stereocenters. The molecule has 0 aromatic carbocycles. The predicted molar refractivity (Wildman–Crippen MR) is 88.3 cm³/mol. The molecule has 0 amide bonds. The van der Waals surface area contributed by atoms with Gasteiger partial charge in [0.15, 0.2) is 0 Å². The molecule has 0 N–H and O–H groups in total. The van der Waals surface area contributed by atoms with Gasteiger partial charge in [-0.15, -0.1) is 0 Å². The second kappa shape index (κ2) is 13.1. The molecule has 0 fully saturated rings. The number of allylic oxidation sites excluding steroid dienone is 2. The Kier molecular flexibility index (Phi) is 13.6. The molecule has 0 spiro atoms. The van der Waals surface area contributed by atoms with E-state index < -0.39 is 0 Å². The van der Waals surface area contributed by atoms with Gasteiger partial charge in [0.05, 0.1) is 6.61 Å². The highest BCUT2D eigenvalue weighted by molar-refractivity contribution is 8.00. The molecule has 2 unspecified atom stereocenters. The lowest BCUT2D eigenvalue weighted by Crippen LogP contribution is -1.86. The van der Waals surface area contributed by atoms with E-state index in [1.54, 1.807) is 0 Å². The van der Waals surface area contributed by atoms with Crippen molar-refractivity contribution in [3.8, 4) is 0 Å². The Morgan fingerprint density at radius 2 is 2.06 bits per heavy atom. The summed E-state index contributed by atoms with van der Waals surface area (Å²) in [6.07, 6.45) is 8.14. The molecular formula is C13H26OP2S. The van der Waals surface area contributed by atoms with Crippen LogP contribution >= 0.6 is 29.2 Å². The molecule has 0 aliphatic rings. The molecule has 0 heterocycles. The van der Waals surface area contributed by atoms with Gasteiger partial charge in [-0.25, -0.2) is 0 Å². The number of hydrogen-bond acceptors (Lipinski definition) is 2. The van der Waals surface area contributed by atoms with Gasteiger partial charge in [0, 0.05) is 14.2 Å². The van der Waals surface area contributed by atoms with Crippen molar-refractivity contribution in [2.75, 3.05) is 18.1 Å². The molecule has 0 aromatic rings. The van der Waals surface area contributed by atoms with Crippen molar-refractivity contribution >= 4 is 29.2 Å². The van der Waals surface area contributed by atoms with Crippen LogP contribution in [0.4, 0.5) is 0 Å². The summed E-state index contributed by atoms with van der Waals surface area (Å²) in [6.45, 7) is 7.41. The number of hydrogen-bond donors (Lipinski definition) is 0. The van der Waals surface area contributed by atoms with E-state index in [1.807, 2.05) is 11.8 Å². The zero-order valence-electron chi connectivity index (χ0n) is 11.3. The van der Waals surface area contributed by atoms with E-state index in [2.05, 4.69) is 41.9 Å². The lowest BCUT2D eigenvalue weighted by molar-refractivity contribution is 0.422. The van der Waals surface area contributed by atoms with E-state index in [4.69, 9.17) is 4.52 Å². The highest BCUT2D eigenvalue weighted by atomic mass is 32.2. The van der Waals surface area contributed by atoms with Crippen LogP contribution in [0.15, 0.2) is 23.3 Å². The van der Waals surface area contributed by atoms with Gasteiger partial charge >= 0.3 is 0 Å². The fourth-order valence-corrected chi connectivity index (χ4v) is 2.66. The van der Waals surface area contributed by atoms with E-state index >= 15 is 0 Å². The van der Waals surface area contributed by atoms with Gasteiger partial charge in [-0.3, -0.25) is 0 Å². The van der Waals surface area contributed by atoms with Crippen molar-refractivity contribution in [2.45, 2.75) is 40.0 Å². The fourth-order valence-electron chi connectivity index (χ4n) is 1.32. The second-order valence-corrected chi connectivity index (χ2v) is 6.46. The van der Waals surface area contributed by atoms with Crippen LogP contribution in [0.25, 0.3) is 0 Å². The van der Waals surface area contributed by atoms with Crippen LogP contribution in [0.1, 0.15) is 40.0 Å². The minimum absolute atomic E-state index is 0.513. The summed E-state index contributed by atoms with van der Waals surface area (Å²) >= 11 is 2.03. The van der Waals surface area contributed by atoms with Gasteiger partial charge in [-0.2, -0.15) is 11.8 Å². The van der Waals surface area contributed by atoms with E-state index in [9.17, 15) is 0 Å². The lowest BCUT2D eigenvalue weighted by atomic mass is 10.1. The Labute approximate surface area is 115 Å². The number of rotatable bonds is 10. The smallest absolute Gasteiger partial charge is 0.0693 e. The van der Waals surface area contributed by atoms with Crippen LogP contribution in [-0.4, -0.2) is 18.1 Å². The molecule has 0 aromatic heterocycles. The highest BCUT2D eigenvalue weighted by Crippen LogP contribution is 2.21. The minimum atomic E-state index is 0.513. The average molecular weight is 292 g/mol. The molecule has 17 heavy (non-hydrogen) atoms. The molecule has 1 nitrogen and oxygen atoms in total. The first kappa shape index (κ1) is 17.6. The third-order valence-electron chi connectivity index (χ3n) is 2.31. The van der Waals surface area contributed by atoms with E-state index in [0.717, 1.165) is 19.4 Å². The third kappa shape index (κ3) is 12.9. The summed E-state index contributed by atoms with van der Waals surface area (Å²) in [7, 11) is 3.11. The maximum atomic E-state index is 5.29. The van der Waals surface area contributed by atoms with Gasteiger partial charge in [-0.1, -0.05) is 39.2 Å². The highest BCUT2D eigenvalue weighted by Gasteiger charge is 1.92. The Morgan fingerprint density at radius 3 is 2.71 bits per heavy atom. The van der Waals surface area contributed by atoms with Crippen molar-refractivity contribution in [3.05, 3.63) is 23.3 Å².